The summed E-state index contributed by atoms with van der Waals surface area (Å²) in [5.41, 5.74) is 1.25. The molecular weight excluding hydrogens is 282 g/mol. The summed E-state index contributed by atoms with van der Waals surface area (Å²) in [5.74, 6) is 0.460. The summed E-state index contributed by atoms with van der Waals surface area (Å²) in [6.45, 7) is 1.63. The number of rotatable bonds is 6. The molecule has 0 aromatic heterocycles. The van der Waals surface area contributed by atoms with Gasteiger partial charge in [0.25, 0.3) is 0 Å². The predicted molar refractivity (Wildman–Crippen MR) is 84.6 cm³/mol. The van der Waals surface area contributed by atoms with Gasteiger partial charge in [-0.05, 0) is 12.0 Å². The second-order valence-corrected chi connectivity index (χ2v) is 4.87. The van der Waals surface area contributed by atoms with Gasteiger partial charge in [0.1, 0.15) is 0 Å². The lowest BCUT2D eigenvalue weighted by Crippen LogP contribution is -2.43. The summed E-state index contributed by atoms with van der Waals surface area (Å²) in [6, 6.07) is 9.85. The van der Waals surface area contributed by atoms with Crippen LogP contribution in [0.15, 0.2) is 35.3 Å². The van der Waals surface area contributed by atoms with Crippen LogP contribution in [0.4, 0.5) is 4.79 Å². The lowest BCUT2D eigenvalue weighted by molar-refractivity contribution is -0.124. The zero-order chi connectivity index (χ0) is 15.8. The van der Waals surface area contributed by atoms with E-state index in [1.165, 1.54) is 10.5 Å². The molecular formula is C15H21N5O2. The van der Waals surface area contributed by atoms with Crippen molar-refractivity contribution in [3.63, 3.8) is 0 Å². The van der Waals surface area contributed by atoms with Gasteiger partial charge in [0.15, 0.2) is 5.96 Å². The number of nitrogens with zero attached hydrogens (tertiary/aromatic N) is 2. The zero-order valence-electron chi connectivity index (χ0n) is 12.6. The molecule has 2 rings (SSSR count). The van der Waals surface area contributed by atoms with Crippen LogP contribution in [0.3, 0.4) is 0 Å². The van der Waals surface area contributed by atoms with Crippen molar-refractivity contribution < 1.29 is 9.59 Å². The lowest BCUT2D eigenvalue weighted by atomic mass is 10.1. The number of amides is 3. The molecule has 0 atom stereocenters. The smallest absolute Gasteiger partial charge is 0.324 e. The SMILES string of the molecule is CN=C(NCCc1ccccc1)NCCN1C(=O)CNC1=O. The predicted octanol–water partition coefficient (Wildman–Crippen LogP) is -0.0541. The highest BCUT2D eigenvalue weighted by molar-refractivity contribution is 6.01. The summed E-state index contributed by atoms with van der Waals surface area (Å²) in [7, 11) is 1.69. The Hall–Kier alpha value is -2.57. The molecule has 1 aromatic carbocycles. The second-order valence-electron chi connectivity index (χ2n) is 4.87. The van der Waals surface area contributed by atoms with Gasteiger partial charge < -0.3 is 16.0 Å². The van der Waals surface area contributed by atoms with E-state index in [-0.39, 0.29) is 18.5 Å². The zero-order valence-corrected chi connectivity index (χ0v) is 12.6. The van der Waals surface area contributed by atoms with E-state index >= 15 is 0 Å². The van der Waals surface area contributed by atoms with Crippen molar-refractivity contribution in [2.24, 2.45) is 4.99 Å². The third kappa shape index (κ3) is 4.47. The van der Waals surface area contributed by atoms with E-state index in [1.807, 2.05) is 18.2 Å². The number of hydrogen-bond donors (Lipinski definition) is 3. The fraction of sp³-hybridized carbons (Fsp3) is 0.400. The third-order valence-corrected chi connectivity index (χ3v) is 3.34. The molecule has 1 fully saturated rings. The maximum atomic E-state index is 11.4. The van der Waals surface area contributed by atoms with E-state index in [2.05, 4.69) is 33.1 Å². The fourth-order valence-electron chi connectivity index (χ4n) is 2.16. The first kappa shape index (κ1) is 15.8. The number of nitrogens with one attached hydrogen (secondary N) is 3. The number of imide groups is 1. The summed E-state index contributed by atoms with van der Waals surface area (Å²) in [6.07, 6.45) is 0.897. The molecule has 1 heterocycles. The van der Waals surface area contributed by atoms with Gasteiger partial charge >= 0.3 is 6.03 Å². The molecule has 1 aromatic rings. The van der Waals surface area contributed by atoms with Crippen LogP contribution < -0.4 is 16.0 Å². The van der Waals surface area contributed by atoms with Gasteiger partial charge in [-0.3, -0.25) is 14.7 Å². The molecule has 1 aliphatic rings. The highest BCUT2D eigenvalue weighted by Gasteiger charge is 2.27. The number of carbonyl (C=O) groups is 2. The first-order chi connectivity index (χ1) is 10.7. The largest absolute Gasteiger partial charge is 0.356 e. The topological polar surface area (TPSA) is 85.8 Å². The Morgan fingerprint density at radius 2 is 1.95 bits per heavy atom. The van der Waals surface area contributed by atoms with E-state index in [4.69, 9.17) is 0 Å². The molecule has 0 unspecified atom stereocenters. The van der Waals surface area contributed by atoms with Gasteiger partial charge in [0.05, 0.1) is 6.54 Å². The molecule has 0 bridgehead atoms. The second kappa shape index (κ2) is 8.02. The first-order valence-electron chi connectivity index (χ1n) is 7.27. The number of aliphatic imine (C=N–C) groups is 1. The number of carbonyl (C=O) groups excluding carboxylic acids is 2. The van der Waals surface area contributed by atoms with Crippen LogP contribution in [-0.4, -0.2) is 56.0 Å². The minimum Gasteiger partial charge on any atom is -0.356 e. The van der Waals surface area contributed by atoms with Crippen molar-refractivity contribution in [2.45, 2.75) is 6.42 Å². The van der Waals surface area contributed by atoms with Crippen LogP contribution in [0.5, 0.6) is 0 Å². The van der Waals surface area contributed by atoms with E-state index in [0.29, 0.717) is 19.0 Å². The Labute approximate surface area is 129 Å². The van der Waals surface area contributed by atoms with E-state index < -0.39 is 0 Å². The van der Waals surface area contributed by atoms with Gasteiger partial charge in [0, 0.05) is 26.7 Å². The maximum absolute atomic E-state index is 11.4. The number of benzene rings is 1. The van der Waals surface area contributed by atoms with Crippen LogP contribution in [0, 0.1) is 0 Å². The third-order valence-electron chi connectivity index (χ3n) is 3.34. The summed E-state index contributed by atoms with van der Waals surface area (Å²) in [5, 5.41) is 8.78. The highest BCUT2D eigenvalue weighted by atomic mass is 16.2. The molecule has 0 radical (unpaired) electrons. The Bertz CT molecular complexity index is 528. The Morgan fingerprint density at radius 1 is 1.23 bits per heavy atom. The molecule has 7 nitrogen and oxygen atoms in total. The Balaban J connectivity index is 1.67. The van der Waals surface area contributed by atoms with Gasteiger partial charge in [-0.15, -0.1) is 0 Å². The molecule has 118 valence electrons. The van der Waals surface area contributed by atoms with E-state index in [0.717, 1.165) is 13.0 Å². The van der Waals surface area contributed by atoms with Crippen molar-refractivity contribution in [3.8, 4) is 0 Å². The molecule has 0 aliphatic carbocycles. The molecule has 1 saturated heterocycles. The summed E-state index contributed by atoms with van der Waals surface area (Å²) < 4.78 is 0. The van der Waals surface area contributed by atoms with Crippen molar-refractivity contribution >= 4 is 17.9 Å². The van der Waals surface area contributed by atoms with Gasteiger partial charge in [0.2, 0.25) is 5.91 Å². The van der Waals surface area contributed by atoms with Crippen molar-refractivity contribution in [1.82, 2.24) is 20.9 Å². The molecule has 0 spiro atoms. The first-order valence-corrected chi connectivity index (χ1v) is 7.27. The Kier molecular flexibility index (Phi) is 5.76. The maximum Gasteiger partial charge on any atom is 0.324 e. The summed E-state index contributed by atoms with van der Waals surface area (Å²) in [4.78, 5) is 28.1. The molecule has 3 N–H and O–H groups in total. The van der Waals surface area contributed by atoms with Crippen LogP contribution in [0.25, 0.3) is 0 Å². The molecule has 7 heteroatoms. The quantitative estimate of drug-likeness (QED) is 0.391. The summed E-state index contributed by atoms with van der Waals surface area (Å²) >= 11 is 0. The van der Waals surface area contributed by atoms with Crippen LogP contribution in [0.1, 0.15) is 5.56 Å². The van der Waals surface area contributed by atoms with Crippen molar-refractivity contribution in [1.29, 1.82) is 0 Å². The van der Waals surface area contributed by atoms with Crippen LogP contribution >= 0.6 is 0 Å². The molecule has 0 saturated carbocycles. The van der Waals surface area contributed by atoms with Crippen molar-refractivity contribution in [3.05, 3.63) is 35.9 Å². The van der Waals surface area contributed by atoms with Gasteiger partial charge in [-0.1, -0.05) is 30.3 Å². The molecule has 3 amide bonds. The number of hydrogen-bond acceptors (Lipinski definition) is 3. The van der Waals surface area contributed by atoms with Gasteiger partial charge in [-0.25, -0.2) is 4.79 Å². The lowest BCUT2D eigenvalue weighted by Gasteiger charge is -2.15. The molecule has 1 aliphatic heterocycles. The van der Waals surface area contributed by atoms with Gasteiger partial charge in [-0.2, -0.15) is 0 Å². The number of guanidine groups is 1. The highest BCUT2D eigenvalue weighted by Crippen LogP contribution is 1.98. The fourth-order valence-corrected chi connectivity index (χ4v) is 2.16. The Morgan fingerprint density at radius 3 is 2.59 bits per heavy atom. The normalized spacial score (nSPS) is 15.0. The van der Waals surface area contributed by atoms with Crippen LogP contribution in [0.2, 0.25) is 0 Å². The van der Waals surface area contributed by atoms with E-state index in [1.54, 1.807) is 7.05 Å². The minimum atomic E-state index is -0.334. The average molecular weight is 303 g/mol. The monoisotopic (exact) mass is 303 g/mol. The average Bonchev–Trinajstić information content (AvgIpc) is 2.86. The van der Waals surface area contributed by atoms with E-state index in [9.17, 15) is 9.59 Å². The van der Waals surface area contributed by atoms with Crippen LogP contribution in [-0.2, 0) is 11.2 Å². The standard InChI is InChI=1S/C15H21N5O2/c1-16-14(17-8-7-12-5-3-2-4-6-12)18-9-10-20-13(21)11-19-15(20)22/h2-6H,7-11H2,1H3,(H,19,22)(H2,16,17,18). The van der Waals surface area contributed by atoms with Crippen molar-refractivity contribution in [2.75, 3.05) is 33.2 Å². The minimum absolute atomic E-state index is 0.0862. The number of urea groups is 1. The molecule has 22 heavy (non-hydrogen) atoms.